The molecule has 0 bridgehead atoms. The molecule has 32 heavy (non-hydrogen) atoms. The molecule has 3 saturated carbocycles. The smallest absolute Gasteiger partial charge is 0.305 e. The van der Waals surface area contributed by atoms with Crippen LogP contribution in [-0.2, 0) is 14.3 Å². The summed E-state index contributed by atoms with van der Waals surface area (Å²) in [6.45, 7) is 13.1. The van der Waals surface area contributed by atoms with Crippen LogP contribution in [0.25, 0.3) is 0 Å². The molecule has 0 spiro atoms. The van der Waals surface area contributed by atoms with E-state index in [2.05, 4.69) is 19.9 Å². The van der Waals surface area contributed by atoms with Crippen LogP contribution < -0.4 is 0 Å². The van der Waals surface area contributed by atoms with Crippen LogP contribution in [0, 0.1) is 34.5 Å². The van der Waals surface area contributed by atoms with E-state index in [0.717, 1.165) is 30.6 Å². The molecule has 7 atom stereocenters. The molecule has 7 unspecified atom stereocenters. The first-order valence-corrected chi connectivity index (χ1v) is 13.8. The third-order valence-corrected chi connectivity index (χ3v) is 9.63. The second-order valence-corrected chi connectivity index (χ2v) is 10.5. The van der Waals surface area contributed by atoms with Crippen molar-refractivity contribution in [2.24, 2.45) is 34.5 Å². The third kappa shape index (κ3) is 4.84. The van der Waals surface area contributed by atoms with E-state index in [1.807, 2.05) is 34.8 Å². The highest BCUT2D eigenvalue weighted by molar-refractivity contribution is 5.68. The van der Waals surface area contributed by atoms with Crippen molar-refractivity contribution in [3.05, 3.63) is 11.6 Å². The van der Waals surface area contributed by atoms with E-state index in [4.69, 9.17) is 9.47 Å². The summed E-state index contributed by atoms with van der Waals surface area (Å²) in [5.41, 5.74) is 2.41. The standard InChI is InChI=1S/C25H40O3.2C2H6/c1-24-15-6-5-8-17(24)11-13-19-20-14-12-18(9-7-10-23(26)28-4)25(20,2)22(27-3)16-21(19)24;2*1-2/h16-20,22H,5-15H2,1-4H3;2*1-2H3. The van der Waals surface area contributed by atoms with Crippen LogP contribution in [0.5, 0.6) is 0 Å². The van der Waals surface area contributed by atoms with E-state index in [9.17, 15) is 4.79 Å². The Bertz CT molecular complexity index is 626. The Morgan fingerprint density at radius 3 is 2.38 bits per heavy atom. The van der Waals surface area contributed by atoms with Gasteiger partial charge in [-0.15, -0.1) is 0 Å². The first-order chi connectivity index (χ1) is 15.4. The van der Waals surface area contributed by atoms with Gasteiger partial charge in [-0.1, -0.05) is 66.0 Å². The molecule has 4 aliphatic rings. The minimum atomic E-state index is -0.0719. The van der Waals surface area contributed by atoms with Gasteiger partial charge in [-0.25, -0.2) is 0 Å². The van der Waals surface area contributed by atoms with Crippen molar-refractivity contribution in [2.75, 3.05) is 14.2 Å². The summed E-state index contributed by atoms with van der Waals surface area (Å²) < 4.78 is 11.0. The molecule has 0 aliphatic heterocycles. The number of fused-ring (bicyclic) bond motifs is 5. The lowest BCUT2D eigenvalue weighted by Crippen LogP contribution is -2.52. The highest BCUT2D eigenvalue weighted by Crippen LogP contribution is 2.66. The average Bonchev–Trinajstić information content (AvgIpc) is 3.17. The summed E-state index contributed by atoms with van der Waals surface area (Å²) in [7, 11) is 3.41. The normalized spacial score (nSPS) is 39.6. The van der Waals surface area contributed by atoms with E-state index in [-0.39, 0.29) is 17.5 Å². The molecule has 4 rings (SSSR count). The molecule has 0 heterocycles. The Morgan fingerprint density at radius 2 is 1.72 bits per heavy atom. The zero-order valence-electron chi connectivity index (χ0n) is 22.5. The molecule has 0 amide bonds. The number of methoxy groups -OCH3 is 2. The summed E-state index contributed by atoms with van der Waals surface area (Å²) in [6, 6.07) is 0. The maximum atomic E-state index is 11.6. The van der Waals surface area contributed by atoms with Crippen LogP contribution in [0.1, 0.15) is 112 Å². The number of hydrogen-bond donors (Lipinski definition) is 0. The molecule has 0 saturated heterocycles. The largest absolute Gasteiger partial charge is 0.469 e. The molecular weight excluding hydrogens is 396 g/mol. The fourth-order valence-electron chi connectivity index (χ4n) is 8.04. The van der Waals surface area contributed by atoms with Crippen LogP contribution in [0.3, 0.4) is 0 Å². The monoisotopic (exact) mass is 448 g/mol. The molecule has 3 fully saturated rings. The molecule has 4 aliphatic carbocycles. The van der Waals surface area contributed by atoms with E-state index in [0.29, 0.717) is 17.8 Å². The molecule has 3 heteroatoms. The van der Waals surface area contributed by atoms with Gasteiger partial charge in [-0.2, -0.15) is 0 Å². The maximum absolute atomic E-state index is 11.6. The molecule has 0 aromatic rings. The number of carbonyl (C=O) groups excluding carboxylic acids is 1. The van der Waals surface area contributed by atoms with Crippen LogP contribution in [-0.4, -0.2) is 26.3 Å². The van der Waals surface area contributed by atoms with Crippen LogP contribution in [0.15, 0.2) is 11.6 Å². The number of ether oxygens (including phenoxy) is 2. The topological polar surface area (TPSA) is 35.5 Å². The summed E-state index contributed by atoms with van der Waals surface area (Å²) in [4.78, 5) is 11.6. The Labute approximate surface area is 199 Å². The van der Waals surface area contributed by atoms with Gasteiger partial charge >= 0.3 is 5.97 Å². The Morgan fingerprint density at radius 1 is 1.00 bits per heavy atom. The highest BCUT2D eigenvalue weighted by Gasteiger charge is 2.59. The quantitative estimate of drug-likeness (QED) is 0.316. The van der Waals surface area contributed by atoms with Crippen molar-refractivity contribution >= 4 is 5.97 Å². The zero-order chi connectivity index (χ0) is 23.9. The number of rotatable bonds is 5. The fraction of sp³-hybridized carbons (Fsp3) is 0.897. The second kappa shape index (κ2) is 12.0. The van der Waals surface area contributed by atoms with Crippen LogP contribution in [0.2, 0.25) is 0 Å². The van der Waals surface area contributed by atoms with Gasteiger partial charge < -0.3 is 9.47 Å². The Hall–Kier alpha value is -0.830. The number of carbonyl (C=O) groups is 1. The second-order valence-electron chi connectivity index (χ2n) is 10.5. The first-order valence-electron chi connectivity index (χ1n) is 13.8. The number of esters is 1. The molecule has 0 aromatic heterocycles. The fourth-order valence-corrected chi connectivity index (χ4v) is 8.04. The van der Waals surface area contributed by atoms with Crippen molar-refractivity contribution in [1.82, 2.24) is 0 Å². The Balaban J connectivity index is 0.000000860. The lowest BCUT2D eigenvalue weighted by Gasteiger charge is -2.58. The zero-order valence-corrected chi connectivity index (χ0v) is 22.5. The van der Waals surface area contributed by atoms with E-state index >= 15 is 0 Å². The minimum absolute atomic E-state index is 0.0719. The summed E-state index contributed by atoms with van der Waals surface area (Å²) >= 11 is 0. The molecule has 0 radical (unpaired) electrons. The Kier molecular flexibility index (Phi) is 10.3. The van der Waals surface area contributed by atoms with Crippen LogP contribution >= 0.6 is 0 Å². The van der Waals surface area contributed by atoms with Gasteiger partial charge in [-0.3, -0.25) is 4.79 Å². The predicted octanol–water partition coefficient (Wildman–Crippen LogP) is 7.98. The average molecular weight is 449 g/mol. The lowest BCUT2D eigenvalue weighted by atomic mass is 9.48. The van der Waals surface area contributed by atoms with Crippen LogP contribution in [0.4, 0.5) is 0 Å². The van der Waals surface area contributed by atoms with E-state index in [1.165, 1.54) is 58.5 Å². The van der Waals surface area contributed by atoms with Crippen molar-refractivity contribution < 1.29 is 14.3 Å². The van der Waals surface area contributed by atoms with Crippen molar-refractivity contribution in [3.8, 4) is 0 Å². The summed E-state index contributed by atoms with van der Waals surface area (Å²) in [6.07, 6.45) is 16.5. The molecule has 3 nitrogen and oxygen atoms in total. The van der Waals surface area contributed by atoms with Gasteiger partial charge in [0.2, 0.25) is 0 Å². The van der Waals surface area contributed by atoms with Gasteiger partial charge in [0.15, 0.2) is 0 Å². The SMILES string of the molecule is CC.CC.COC(=O)CCCC1CCC2C3CCC4CCCCC4(C)C3=CC(OC)C12C. The lowest BCUT2D eigenvalue weighted by molar-refractivity contribution is -0.140. The number of hydrogen-bond acceptors (Lipinski definition) is 3. The van der Waals surface area contributed by atoms with Gasteiger partial charge in [0.25, 0.3) is 0 Å². The summed E-state index contributed by atoms with van der Waals surface area (Å²) in [5.74, 6) is 2.99. The van der Waals surface area contributed by atoms with Gasteiger partial charge in [0.05, 0.1) is 13.2 Å². The molecular formula is C29H52O3. The third-order valence-electron chi connectivity index (χ3n) is 9.63. The molecule has 0 aromatic carbocycles. The van der Waals surface area contributed by atoms with Crippen molar-refractivity contribution in [3.63, 3.8) is 0 Å². The molecule has 186 valence electrons. The van der Waals surface area contributed by atoms with E-state index in [1.54, 1.807) is 5.57 Å². The number of allylic oxidation sites excluding steroid dienone is 1. The van der Waals surface area contributed by atoms with Gasteiger partial charge in [0, 0.05) is 18.9 Å². The molecule has 0 N–H and O–H groups in total. The van der Waals surface area contributed by atoms with E-state index < -0.39 is 0 Å². The van der Waals surface area contributed by atoms with Crippen molar-refractivity contribution in [1.29, 1.82) is 0 Å². The summed E-state index contributed by atoms with van der Waals surface area (Å²) in [5, 5.41) is 0. The first kappa shape index (κ1) is 27.4. The minimum Gasteiger partial charge on any atom is -0.469 e. The van der Waals surface area contributed by atoms with Gasteiger partial charge in [0.1, 0.15) is 0 Å². The maximum Gasteiger partial charge on any atom is 0.305 e. The highest BCUT2D eigenvalue weighted by atomic mass is 16.5. The predicted molar refractivity (Wildman–Crippen MR) is 135 cm³/mol. The van der Waals surface area contributed by atoms with Crippen molar-refractivity contribution in [2.45, 2.75) is 118 Å². The van der Waals surface area contributed by atoms with Gasteiger partial charge in [-0.05, 0) is 80.5 Å².